The molecule has 0 saturated carbocycles. The summed E-state index contributed by atoms with van der Waals surface area (Å²) in [6.07, 6.45) is 5.04. The van der Waals surface area contributed by atoms with Gasteiger partial charge in [-0.2, -0.15) is 0 Å². The molecule has 1 amide bonds. The summed E-state index contributed by atoms with van der Waals surface area (Å²) in [5.74, 6) is 1.05. The molecule has 0 unspecified atom stereocenters. The van der Waals surface area contributed by atoms with Crippen LogP contribution >= 0.6 is 23.1 Å². The van der Waals surface area contributed by atoms with E-state index in [-0.39, 0.29) is 5.91 Å². The zero-order valence-corrected chi connectivity index (χ0v) is 18.0. The molecule has 2 heterocycles. The maximum absolute atomic E-state index is 12.4. The summed E-state index contributed by atoms with van der Waals surface area (Å²) in [5, 5.41) is 5.06. The molecule has 3 aromatic rings. The van der Waals surface area contributed by atoms with E-state index < -0.39 is 0 Å². The number of anilines is 2. The number of hydrogen-bond acceptors (Lipinski definition) is 6. The summed E-state index contributed by atoms with van der Waals surface area (Å²) in [6, 6.07) is 7.85. The highest BCUT2D eigenvalue weighted by atomic mass is 32.2. The minimum atomic E-state index is -0.0212. The summed E-state index contributed by atoms with van der Waals surface area (Å²) in [7, 11) is 3.99. The Hall–Kier alpha value is -2.12. The van der Waals surface area contributed by atoms with Crippen molar-refractivity contribution in [3.63, 3.8) is 0 Å². The molecule has 5 nitrogen and oxygen atoms in total. The maximum Gasteiger partial charge on any atom is 0.234 e. The molecule has 0 radical (unpaired) electrons. The average molecular weight is 413 g/mol. The zero-order valence-electron chi connectivity index (χ0n) is 16.4. The summed E-state index contributed by atoms with van der Waals surface area (Å²) in [6.45, 7) is 2.31. The molecule has 0 aliphatic heterocycles. The topological polar surface area (TPSA) is 58.1 Å². The van der Waals surface area contributed by atoms with E-state index in [1.807, 2.05) is 43.3 Å². The number of fused-ring (bicyclic) bond motifs is 3. The van der Waals surface area contributed by atoms with Crippen LogP contribution in [-0.4, -0.2) is 35.7 Å². The van der Waals surface area contributed by atoms with Crippen LogP contribution in [0.25, 0.3) is 10.2 Å². The number of nitrogens with one attached hydrogen (secondary N) is 1. The number of aryl methyl sites for hydroxylation is 1. The van der Waals surface area contributed by atoms with Gasteiger partial charge >= 0.3 is 0 Å². The predicted octanol–water partition coefficient (Wildman–Crippen LogP) is 4.61. The lowest BCUT2D eigenvalue weighted by Crippen LogP contribution is -2.14. The SMILES string of the molecule is C[C@@H]1CCc2c(sc3ncnc(SCC(=O)Nc4ccc(N(C)C)cc4)c23)C1. The molecule has 7 heteroatoms. The predicted molar refractivity (Wildman–Crippen MR) is 119 cm³/mol. The van der Waals surface area contributed by atoms with Crippen molar-refractivity contribution in [2.24, 2.45) is 5.92 Å². The number of rotatable bonds is 5. The minimum absolute atomic E-state index is 0.0212. The van der Waals surface area contributed by atoms with Gasteiger partial charge in [-0.15, -0.1) is 11.3 Å². The fraction of sp³-hybridized carbons (Fsp3) is 0.381. The average Bonchev–Trinajstić information content (AvgIpc) is 3.04. The van der Waals surface area contributed by atoms with E-state index in [1.165, 1.54) is 34.0 Å². The highest BCUT2D eigenvalue weighted by Gasteiger charge is 2.23. The lowest BCUT2D eigenvalue weighted by molar-refractivity contribution is -0.113. The monoisotopic (exact) mass is 412 g/mol. The standard InChI is InChI=1S/C21H24N4OS2/c1-13-4-9-16-17(10-13)28-21-19(16)20(22-12-23-21)27-11-18(26)24-14-5-7-15(8-6-14)25(2)3/h5-8,12-13H,4,9-11H2,1-3H3,(H,24,26)/t13-/m1/s1. The van der Waals surface area contributed by atoms with Crippen molar-refractivity contribution in [2.45, 2.75) is 31.2 Å². The fourth-order valence-electron chi connectivity index (χ4n) is 3.53. The molecule has 1 aliphatic carbocycles. The fourth-order valence-corrected chi connectivity index (χ4v) is 5.77. The van der Waals surface area contributed by atoms with E-state index >= 15 is 0 Å². The number of nitrogens with zero attached hydrogens (tertiary/aromatic N) is 3. The quantitative estimate of drug-likeness (QED) is 0.490. The Bertz CT molecular complexity index is 998. The Morgan fingerprint density at radius 1 is 1.29 bits per heavy atom. The first-order valence-electron chi connectivity index (χ1n) is 9.46. The highest BCUT2D eigenvalue weighted by molar-refractivity contribution is 8.00. The van der Waals surface area contributed by atoms with E-state index in [9.17, 15) is 4.79 Å². The number of thioether (sulfide) groups is 1. The van der Waals surface area contributed by atoms with Gasteiger partial charge in [0.05, 0.1) is 5.75 Å². The molecular formula is C21H24N4OS2. The first-order chi connectivity index (χ1) is 13.5. The third-order valence-electron chi connectivity index (χ3n) is 5.06. The molecule has 1 N–H and O–H groups in total. The zero-order chi connectivity index (χ0) is 19.7. The Labute approximate surface area is 173 Å². The van der Waals surface area contributed by atoms with Crippen LogP contribution in [0.15, 0.2) is 35.6 Å². The number of carbonyl (C=O) groups is 1. The number of hydrogen-bond donors (Lipinski definition) is 1. The van der Waals surface area contributed by atoms with Crippen molar-refractivity contribution >= 4 is 50.6 Å². The normalized spacial score (nSPS) is 16.0. The van der Waals surface area contributed by atoms with Crippen molar-refractivity contribution < 1.29 is 4.79 Å². The van der Waals surface area contributed by atoms with Crippen molar-refractivity contribution in [3.05, 3.63) is 41.0 Å². The lowest BCUT2D eigenvalue weighted by atomic mass is 9.89. The summed E-state index contributed by atoms with van der Waals surface area (Å²) >= 11 is 3.29. The highest BCUT2D eigenvalue weighted by Crippen LogP contribution is 2.40. The van der Waals surface area contributed by atoms with Gasteiger partial charge < -0.3 is 10.2 Å². The maximum atomic E-state index is 12.4. The van der Waals surface area contributed by atoms with Crippen LogP contribution in [-0.2, 0) is 17.6 Å². The van der Waals surface area contributed by atoms with Crippen LogP contribution < -0.4 is 10.2 Å². The second-order valence-electron chi connectivity index (χ2n) is 7.49. The summed E-state index contributed by atoms with van der Waals surface area (Å²) in [4.78, 5) is 25.9. The lowest BCUT2D eigenvalue weighted by Gasteiger charge is -2.18. The van der Waals surface area contributed by atoms with Gasteiger partial charge in [-0.25, -0.2) is 9.97 Å². The van der Waals surface area contributed by atoms with Gasteiger partial charge in [0.25, 0.3) is 0 Å². The number of benzene rings is 1. The van der Waals surface area contributed by atoms with Crippen molar-refractivity contribution in [3.8, 4) is 0 Å². The largest absolute Gasteiger partial charge is 0.378 e. The van der Waals surface area contributed by atoms with Gasteiger partial charge in [0.2, 0.25) is 5.91 Å². The first-order valence-corrected chi connectivity index (χ1v) is 11.3. The first kappa shape index (κ1) is 19.2. The van der Waals surface area contributed by atoms with E-state index in [0.29, 0.717) is 5.75 Å². The number of carbonyl (C=O) groups excluding carboxylic acids is 1. The van der Waals surface area contributed by atoms with E-state index in [2.05, 4.69) is 22.2 Å². The van der Waals surface area contributed by atoms with Gasteiger partial charge in [-0.05, 0) is 55.0 Å². The Balaban J connectivity index is 1.46. The van der Waals surface area contributed by atoms with Crippen molar-refractivity contribution in [1.82, 2.24) is 9.97 Å². The molecule has 146 valence electrons. The van der Waals surface area contributed by atoms with Gasteiger partial charge in [-0.3, -0.25) is 4.79 Å². The molecule has 0 saturated heterocycles. The number of amides is 1. The van der Waals surface area contributed by atoms with Crippen LogP contribution in [0.1, 0.15) is 23.8 Å². The van der Waals surface area contributed by atoms with E-state index in [4.69, 9.17) is 0 Å². The molecule has 0 bridgehead atoms. The molecule has 28 heavy (non-hydrogen) atoms. The molecule has 0 spiro atoms. The number of aromatic nitrogens is 2. The number of thiophene rings is 1. The minimum Gasteiger partial charge on any atom is -0.378 e. The van der Waals surface area contributed by atoms with Gasteiger partial charge in [0.1, 0.15) is 16.2 Å². The second kappa shape index (κ2) is 8.09. The second-order valence-corrected chi connectivity index (χ2v) is 9.54. The molecular weight excluding hydrogens is 388 g/mol. The third-order valence-corrected chi connectivity index (χ3v) is 7.22. The van der Waals surface area contributed by atoms with Gasteiger partial charge in [-0.1, -0.05) is 18.7 Å². The molecule has 1 aliphatic rings. The van der Waals surface area contributed by atoms with Gasteiger partial charge in [0, 0.05) is 35.7 Å². The summed E-state index contributed by atoms with van der Waals surface area (Å²) < 4.78 is 0. The van der Waals surface area contributed by atoms with Crippen LogP contribution in [0.2, 0.25) is 0 Å². The van der Waals surface area contributed by atoms with Crippen LogP contribution in [0.3, 0.4) is 0 Å². The van der Waals surface area contributed by atoms with Crippen LogP contribution in [0.5, 0.6) is 0 Å². The molecule has 0 fully saturated rings. The van der Waals surface area contributed by atoms with Crippen LogP contribution in [0, 0.1) is 5.92 Å². The molecule has 1 atom stereocenters. The van der Waals surface area contributed by atoms with Crippen molar-refractivity contribution in [1.29, 1.82) is 0 Å². The van der Waals surface area contributed by atoms with Crippen molar-refractivity contribution in [2.75, 3.05) is 30.1 Å². The molecule has 1 aromatic carbocycles. The third kappa shape index (κ3) is 4.00. The Morgan fingerprint density at radius 2 is 2.07 bits per heavy atom. The Morgan fingerprint density at radius 3 is 2.82 bits per heavy atom. The summed E-state index contributed by atoms with van der Waals surface area (Å²) in [5.41, 5.74) is 3.32. The van der Waals surface area contributed by atoms with E-state index in [1.54, 1.807) is 17.7 Å². The molecule has 4 rings (SSSR count). The molecule has 2 aromatic heterocycles. The smallest absolute Gasteiger partial charge is 0.234 e. The van der Waals surface area contributed by atoms with E-state index in [0.717, 1.165) is 40.0 Å². The van der Waals surface area contributed by atoms with Gasteiger partial charge in [0.15, 0.2) is 0 Å². The van der Waals surface area contributed by atoms with Crippen LogP contribution in [0.4, 0.5) is 11.4 Å². The Kier molecular flexibility index (Phi) is 5.55.